The Balaban J connectivity index is 3.01. The van der Waals surface area contributed by atoms with Gasteiger partial charge >= 0.3 is 0 Å². The molecule has 0 aromatic heterocycles. The van der Waals surface area contributed by atoms with E-state index >= 15 is 0 Å². The van der Waals surface area contributed by atoms with E-state index in [9.17, 15) is 9.18 Å². The minimum Gasteiger partial charge on any atom is -0.299 e. The van der Waals surface area contributed by atoms with Crippen molar-refractivity contribution in [1.29, 1.82) is 0 Å². The van der Waals surface area contributed by atoms with Crippen LogP contribution in [-0.4, -0.2) is 5.78 Å². The van der Waals surface area contributed by atoms with Gasteiger partial charge in [-0.05, 0) is 17.7 Å². The van der Waals surface area contributed by atoms with Crippen LogP contribution in [0.1, 0.15) is 32.3 Å². The molecule has 0 heterocycles. The van der Waals surface area contributed by atoms with Crippen LogP contribution in [0.5, 0.6) is 0 Å². The molecule has 1 rings (SSSR count). The fraction of sp³-hybridized carbons (Fsp3) is 0.417. The van der Waals surface area contributed by atoms with Gasteiger partial charge in [-0.15, -0.1) is 0 Å². The molecule has 0 radical (unpaired) electrons. The van der Waals surface area contributed by atoms with Crippen LogP contribution in [0.2, 0.25) is 0 Å². The zero-order valence-electron chi connectivity index (χ0n) is 9.05. The average Bonchev–Trinajstić information content (AvgIpc) is 2.15. The first-order chi connectivity index (χ1) is 6.93. The number of halogens is 2. The Morgan fingerprint density at radius 3 is 2.40 bits per heavy atom. The van der Waals surface area contributed by atoms with Gasteiger partial charge in [0.1, 0.15) is 11.6 Å². The van der Waals surface area contributed by atoms with E-state index in [0.29, 0.717) is 10.0 Å². The van der Waals surface area contributed by atoms with Gasteiger partial charge in [-0.1, -0.05) is 42.8 Å². The van der Waals surface area contributed by atoms with E-state index in [1.54, 1.807) is 19.1 Å². The highest BCUT2D eigenvalue weighted by molar-refractivity contribution is 9.10. The van der Waals surface area contributed by atoms with Crippen LogP contribution in [0.3, 0.4) is 0 Å². The number of Topliss-reactive ketones (excluding diaryl/α,β-unsaturated/α-hetero) is 1. The Bertz CT molecular complexity index is 374. The average molecular weight is 273 g/mol. The van der Waals surface area contributed by atoms with E-state index in [4.69, 9.17) is 0 Å². The van der Waals surface area contributed by atoms with Crippen molar-refractivity contribution in [2.45, 2.75) is 26.7 Å². The van der Waals surface area contributed by atoms with Crippen molar-refractivity contribution in [3.63, 3.8) is 0 Å². The van der Waals surface area contributed by atoms with E-state index in [1.165, 1.54) is 6.07 Å². The summed E-state index contributed by atoms with van der Waals surface area (Å²) in [4.78, 5) is 11.7. The number of carbonyl (C=O) groups is 1. The molecule has 1 unspecified atom stereocenters. The molecule has 3 heteroatoms. The lowest BCUT2D eigenvalue weighted by Gasteiger charge is -2.14. The first-order valence-corrected chi connectivity index (χ1v) is 5.71. The van der Waals surface area contributed by atoms with Gasteiger partial charge in [0.15, 0.2) is 0 Å². The normalized spacial score (nSPS) is 12.9. The molecule has 1 aromatic rings. The van der Waals surface area contributed by atoms with Gasteiger partial charge in [0.25, 0.3) is 0 Å². The van der Waals surface area contributed by atoms with Gasteiger partial charge in [-0.2, -0.15) is 0 Å². The van der Waals surface area contributed by atoms with Gasteiger partial charge in [0.05, 0.1) is 0 Å². The molecule has 1 nitrogen and oxygen atoms in total. The van der Waals surface area contributed by atoms with Gasteiger partial charge < -0.3 is 0 Å². The lowest BCUT2D eigenvalue weighted by molar-refractivity contribution is -0.123. The summed E-state index contributed by atoms with van der Waals surface area (Å²) in [5.41, 5.74) is 0.469. The van der Waals surface area contributed by atoms with Crippen molar-refractivity contribution in [1.82, 2.24) is 0 Å². The van der Waals surface area contributed by atoms with Gasteiger partial charge in [0, 0.05) is 16.3 Å². The van der Waals surface area contributed by atoms with Crippen molar-refractivity contribution in [3.05, 3.63) is 34.1 Å². The molecule has 0 bridgehead atoms. The fourth-order valence-electron chi connectivity index (χ4n) is 1.51. The van der Waals surface area contributed by atoms with E-state index in [2.05, 4.69) is 15.9 Å². The van der Waals surface area contributed by atoms with E-state index in [1.807, 2.05) is 13.8 Å². The molecule has 1 atom stereocenters. The van der Waals surface area contributed by atoms with Crippen molar-refractivity contribution < 1.29 is 9.18 Å². The van der Waals surface area contributed by atoms with Crippen molar-refractivity contribution in [3.8, 4) is 0 Å². The highest BCUT2D eigenvalue weighted by Gasteiger charge is 2.20. The minimum atomic E-state index is -0.377. The Hall–Kier alpha value is -0.700. The van der Waals surface area contributed by atoms with Crippen LogP contribution in [-0.2, 0) is 4.79 Å². The monoisotopic (exact) mass is 272 g/mol. The summed E-state index contributed by atoms with van der Waals surface area (Å²) in [7, 11) is 0. The van der Waals surface area contributed by atoms with Gasteiger partial charge in [0.2, 0.25) is 0 Å². The summed E-state index contributed by atoms with van der Waals surface area (Å²) in [6, 6.07) is 4.80. The van der Waals surface area contributed by atoms with Gasteiger partial charge in [-0.3, -0.25) is 4.79 Å². The summed E-state index contributed by atoms with van der Waals surface area (Å²) in [5, 5.41) is 0. The maximum absolute atomic E-state index is 13.5. The fourth-order valence-corrected chi connectivity index (χ4v) is 1.84. The number of benzene rings is 1. The highest BCUT2D eigenvalue weighted by Crippen LogP contribution is 2.25. The number of ketones is 1. The number of rotatable bonds is 3. The van der Waals surface area contributed by atoms with Crippen molar-refractivity contribution in [2.75, 3.05) is 0 Å². The first kappa shape index (κ1) is 12.4. The second kappa shape index (κ2) is 4.88. The van der Waals surface area contributed by atoms with Crippen molar-refractivity contribution in [2.24, 2.45) is 5.92 Å². The molecule has 1 aromatic carbocycles. The molecule has 0 aliphatic carbocycles. The van der Waals surface area contributed by atoms with Crippen LogP contribution in [0.15, 0.2) is 22.7 Å². The summed E-state index contributed by atoms with van der Waals surface area (Å²) >= 11 is 3.19. The Labute approximate surface area is 97.8 Å². The molecule has 0 fully saturated rings. The molecule has 0 saturated heterocycles. The number of hydrogen-bond donors (Lipinski definition) is 0. The molecule has 0 spiro atoms. The summed E-state index contributed by atoms with van der Waals surface area (Å²) < 4.78 is 14.2. The Kier molecular flexibility index (Phi) is 4.03. The van der Waals surface area contributed by atoms with Crippen LogP contribution >= 0.6 is 15.9 Å². The first-order valence-electron chi connectivity index (χ1n) is 4.92. The second-order valence-corrected chi connectivity index (χ2v) is 4.86. The molecular formula is C12H14BrFO. The van der Waals surface area contributed by atoms with Crippen LogP contribution in [0, 0.1) is 11.7 Å². The second-order valence-electron chi connectivity index (χ2n) is 3.94. The third-order valence-corrected chi connectivity index (χ3v) is 2.92. The quantitative estimate of drug-likeness (QED) is 0.815. The SMILES string of the molecule is CC(C)C(=O)C(C)c1ccc(Br)cc1F. The van der Waals surface area contributed by atoms with Crippen LogP contribution in [0.4, 0.5) is 4.39 Å². The Morgan fingerprint density at radius 2 is 1.93 bits per heavy atom. The summed E-state index contributed by atoms with van der Waals surface area (Å²) in [5.74, 6) is -0.705. The molecule has 0 N–H and O–H groups in total. The van der Waals surface area contributed by atoms with E-state index in [-0.39, 0.29) is 23.4 Å². The zero-order valence-corrected chi connectivity index (χ0v) is 10.6. The predicted octanol–water partition coefficient (Wildman–Crippen LogP) is 3.92. The molecule has 0 aliphatic rings. The zero-order chi connectivity index (χ0) is 11.6. The highest BCUT2D eigenvalue weighted by atomic mass is 79.9. The van der Waals surface area contributed by atoms with Crippen LogP contribution in [0.25, 0.3) is 0 Å². The summed E-state index contributed by atoms with van der Waals surface area (Å²) in [6.45, 7) is 5.40. The molecule has 0 aliphatic heterocycles. The third-order valence-electron chi connectivity index (χ3n) is 2.42. The van der Waals surface area contributed by atoms with Crippen LogP contribution < -0.4 is 0 Å². The maximum Gasteiger partial charge on any atom is 0.142 e. The molecule has 82 valence electrons. The topological polar surface area (TPSA) is 17.1 Å². The lowest BCUT2D eigenvalue weighted by atomic mass is 9.90. The number of carbonyl (C=O) groups excluding carboxylic acids is 1. The predicted molar refractivity (Wildman–Crippen MR) is 62.4 cm³/mol. The van der Waals surface area contributed by atoms with Gasteiger partial charge in [-0.25, -0.2) is 4.39 Å². The molecule has 0 amide bonds. The standard InChI is InChI=1S/C12H14BrFO/c1-7(2)12(15)8(3)10-5-4-9(13)6-11(10)14/h4-8H,1-3H3. The van der Waals surface area contributed by atoms with Crippen molar-refractivity contribution >= 4 is 21.7 Å². The third kappa shape index (κ3) is 2.88. The molecule has 15 heavy (non-hydrogen) atoms. The summed E-state index contributed by atoms with van der Waals surface area (Å²) in [6.07, 6.45) is 0. The number of hydrogen-bond acceptors (Lipinski definition) is 1. The molecular weight excluding hydrogens is 259 g/mol. The maximum atomic E-state index is 13.5. The lowest BCUT2D eigenvalue weighted by Crippen LogP contribution is -2.16. The molecule has 0 saturated carbocycles. The van der Waals surface area contributed by atoms with E-state index < -0.39 is 0 Å². The largest absolute Gasteiger partial charge is 0.299 e. The minimum absolute atomic E-state index is 0.0659. The van der Waals surface area contributed by atoms with E-state index in [0.717, 1.165) is 0 Å². The smallest absolute Gasteiger partial charge is 0.142 e. The Morgan fingerprint density at radius 1 is 1.33 bits per heavy atom.